The lowest BCUT2D eigenvalue weighted by atomic mass is 10.1. The van der Waals surface area contributed by atoms with E-state index in [0.717, 1.165) is 22.3 Å². The summed E-state index contributed by atoms with van der Waals surface area (Å²) >= 11 is 0. The lowest BCUT2D eigenvalue weighted by Crippen LogP contribution is -2.21. The molecule has 0 bridgehead atoms. The van der Waals surface area contributed by atoms with Gasteiger partial charge in [-0.05, 0) is 41.3 Å². The number of hydrogen-bond donors (Lipinski definition) is 2. The van der Waals surface area contributed by atoms with Crippen molar-refractivity contribution in [1.82, 2.24) is 10.3 Å². The number of rotatable bonds is 5. The van der Waals surface area contributed by atoms with Gasteiger partial charge in [-0.1, -0.05) is 24.3 Å². The van der Waals surface area contributed by atoms with Crippen molar-refractivity contribution in [3.05, 3.63) is 71.1 Å². The van der Waals surface area contributed by atoms with E-state index in [-0.39, 0.29) is 12.5 Å². The molecule has 0 fully saturated rings. The number of aromatic nitrogens is 1. The van der Waals surface area contributed by atoms with Gasteiger partial charge >= 0.3 is 0 Å². The Bertz CT molecular complexity index is 651. The molecule has 0 saturated heterocycles. The average Bonchev–Trinajstić information content (AvgIpc) is 2.51. The molecule has 1 heterocycles. The van der Waals surface area contributed by atoms with Crippen molar-refractivity contribution in [2.75, 3.05) is 0 Å². The fourth-order valence-corrected chi connectivity index (χ4v) is 1.97. The van der Waals surface area contributed by atoms with Gasteiger partial charge in [0.05, 0.1) is 6.61 Å². The van der Waals surface area contributed by atoms with E-state index in [0.29, 0.717) is 6.54 Å². The molecule has 1 aromatic carbocycles. The Morgan fingerprint density at radius 1 is 1.29 bits per heavy atom. The number of carbonyl (C=O) groups excluding carboxylic acids is 1. The van der Waals surface area contributed by atoms with Crippen LogP contribution in [-0.2, 0) is 17.9 Å². The maximum Gasteiger partial charge on any atom is 0.244 e. The first-order chi connectivity index (χ1) is 10.2. The van der Waals surface area contributed by atoms with Crippen molar-refractivity contribution >= 4 is 12.0 Å². The van der Waals surface area contributed by atoms with Gasteiger partial charge in [-0.3, -0.25) is 9.78 Å². The molecule has 2 N–H and O–H groups in total. The fourth-order valence-electron chi connectivity index (χ4n) is 1.97. The van der Waals surface area contributed by atoms with E-state index in [4.69, 9.17) is 0 Å². The number of aliphatic hydroxyl groups is 1. The SMILES string of the molecule is Cc1cncc(/C=C/C(=O)NCc2ccccc2CO)c1. The summed E-state index contributed by atoms with van der Waals surface area (Å²) in [5, 5.41) is 12.0. The second-order valence-corrected chi connectivity index (χ2v) is 4.77. The van der Waals surface area contributed by atoms with Crippen molar-refractivity contribution in [3.63, 3.8) is 0 Å². The normalized spacial score (nSPS) is 10.8. The van der Waals surface area contributed by atoms with Crippen molar-refractivity contribution in [2.45, 2.75) is 20.1 Å². The fraction of sp³-hybridized carbons (Fsp3) is 0.176. The monoisotopic (exact) mass is 282 g/mol. The van der Waals surface area contributed by atoms with Gasteiger partial charge in [-0.15, -0.1) is 0 Å². The Balaban J connectivity index is 1.93. The van der Waals surface area contributed by atoms with Gasteiger partial charge in [0.2, 0.25) is 5.91 Å². The van der Waals surface area contributed by atoms with Gasteiger partial charge in [-0.25, -0.2) is 0 Å². The quantitative estimate of drug-likeness (QED) is 0.827. The highest BCUT2D eigenvalue weighted by molar-refractivity contribution is 5.91. The largest absolute Gasteiger partial charge is 0.392 e. The molecule has 2 rings (SSSR count). The summed E-state index contributed by atoms with van der Waals surface area (Å²) in [5.41, 5.74) is 3.68. The molecule has 1 amide bonds. The summed E-state index contributed by atoms with van der Waals surface area (Å²) in [4.78, 5) is 15.9. The predicted octanol–water partition coefficient (Wildman–Crippen LogP) is 2.21. The highest BCUT2D eigenvalue weighted by atomic mass is 16.3. The van der Waals surface area contributed by atoms with Gasteiger partial charge in [-0.2, -0.15) is 0 Å². The molecule has 4 nitrogen and oxygen atoms in total. The standard InChI is InChI=1S/C17H18N2O2/c1-13-8-14(10-18-9-13)6-7-17(21)19-11-15-4-2-3-5-16(15)12-20/h2-10,20H,11-12H2,1H3,(H,19,21)/b7-6+. The van der Waals surface area contributed by atoms with Crippen LogP contribution in [0.15, 0.2) is 48.8 Å². The number of carbonyl (C=O) groups is 1. The summed E-state index contributed by atoms with van der Waals surface area (Å²) in [7, 11) is 0. The van der Waals surface area contributed by atoms with Crippen LogP contribution in [-0.4, -0.2) is 16.0 Å². The second kappa shape index (κ2) is 7.36. The molecule has 0 radical (unpaired) electrons. The van der Waals surface area contributed by atoms with Gasteiger partial charge in [0.15, 0.2) is 0 Å². The minimum atomic E-state index is -0.177. The Morgan fingerprint density at radius 3 is 2.76 bits per heavy atom. The molecule has 108 valence electrons. The molecule has 0 aliphatic rings. The van der Waals surface area contributed by atoms with Crippen LogP contribution in [0.1, 0.15) is 22.3 Å². The Hall–Kier alpha value is -2.46. The molecule has 1 aromatic heterocycles. The first-order valence-electron chi connectivity index (χ1n) is 6.74. The zero-order valence-corrected chi connectivity index (χ0v) is 11.9. The maximum absolute atomic E-state index is 11.8. The minimum Gasteiger partial charge on any atom is -0.392 e. The smallest absolute Gasteiger partial charge is 0.244 e. The van der Waals surface area contributed by atoms with Crippen LogP contribution in [0.2, 0.25) is 0 Å². The van der Waals surface area contributed by atoms with E-state index in [2.05, 4.69) is 10.3 Å². The molecule has 2 aromatic rings. The summed E-state index contributed by atoms with van der Waals surface area (Å²) in [6, 6.07) is 9.43. The number of hydrogen-bond acceptors (Lipinski definition) is 3. The van der Waals surface area contributed by atoms with Crippen LogP contribution >= 0.6 is 0 Å². The molecule has 0 atom stereocenters. The molecule has 4 heteroatoms. The first-order valence-corrected chi connectivity index (χ1v) is 6.74. The maximum atomic E-state index is 11.8. The molecule has 0 spiro atoms. The summed E-state index contributed by atoms with van der Waals surface area (Å²) < 4.78 is 0. The minimum absolute atomic E-state index is 0.0309. The van der Waals surface area contributed by atoms with Crippen LogP contribution < -0.4 is 5.32 Å². The first kappa shape index (κ1) is 14.9. The van der Waals surface area contributed by atoms with E-state index in [1.807, 2.05) is 37.3 Å². The topological polar surface area (TPSA) is 62.2 Å². The van der Waals surface area contributed by atoms with Gasteiger partial charge < -0.3 is 10.4 Å². The van der Waals surface area contributed by atoms with Gasteiger partial charge in [0, 0.05) is 25.0 Å². The number of amides is 1. The van der Waals surface area contributed by atoms with E-state index in [9.17, 15) is 9.90 Å². The number of nitrogens with zero attached hydrogens (tertiary/aromatic N) is 1. The zero-order chi connectivity index (χ0) is 15.1. The third-order valence-corrected chi connectivity index (χ3v) is 3.07. The van der Waals surface area contributed by atoms with E-state index < -0.39 is 0 Å². The molecule has 21 heavy (non-hydrogen) atoms. The molecular formula is C17H18N2O2. The van der Waals surface area contributed by atoms with E-state index in [1.54, 1.807) is 18.5 Å². The van der Waals surface area contributed by atoms with E-state index in [1.165, 1.54) is 6.08 Å². The lowest BCUT2D eigenvalue weighted by molar-refractivity contribution is -0.116. The predicted molar refractivity (Wildman–Crippen MR) is 82.2 cm³/mol. The van der Waals surface area contributed by atoms with Crippen molar-refractivity contribution in [2.24, 2.45) is 0 Å². The molecule has 0 aliphatic heterocycles. The van der Waals surface area contributed by atoms with Gasteiger partial charge in [0.1, 0.15) is 0 Å². The second-order valence-electron chi connectivity index (χ2n) is 4.77. The zero-order valence-electron chi connectivity index (χ0n) is 11.9. The highest BCUT2D eigenvalue weighted by Crippen LogP contribution is 2.08. The number of nitrogens with one attached hydrogen (secondary N) is 1. The third-order valence-electron chi connectivity index (χ3n) is 3.07. The molecule has 0 saturated carbocycles. The van der Waals surface area contributed by atoms with Crippen LogP contribution in [0.4, 0.5) is 0 Å². The highest BCUT2D eigenvalue weighted by Gasteiger charge is 2.01. The summed E-state index contributed by atoms with van der Waals surface area (Å²) in [6.07, 6.45) is 6.69. The van der Waals surface area contributed by atoms with Crippen LogP contribution in [0, 0.1) is 6.92 Å². The van der Waals surface area contributed by atoms with E-state index >= 15 is 0 Å². The molecule has 0 unspecified atom stereocenters. The van der Waals surface area contributed by atoms with Crippen molar-refractivity contribution in [3.8, 4) is 0 Å². The average molecular weight is 282 g/mol. The summed E-state index contributed by atoms with van der Waals surface area (Å²) in [5.74, 6) is -0.177. The number of pyridine rings is 1. The molecular weight excluding hydrogens is 264 g/mol. The lowest BCUT2D eigenvalue weighted by Gasteiger charge is -2.07. The van der Waals surface area contributed by atoms with Crippen LogP contribution in [0.25, 0.3) is 6.08 Å². The molecule has 0 aliphatic carbocycles. The third kappa shape index (κ3) is 4.54. The Morgan fingerprint density at radius 2 is 2.05 bits per heavy atom. The number of benzene rings is 1. The van der Waals surface area contributed by atoms with Gasteiger partial charge in [0.25, 0.3) is 0 Å². The van der Waals surface area contributed by atoms with Crippen LogP contribution in [0.5, 0.6) is 0 Å². The Labute approximate surface area is 124 Å². The van der Waals surface area contributed by atoms with Crippen molar-refractivity contribution < 1.29 is 9.90 Å². The van der Waals surface area contributed by atoms with Crippen LogP contribution in [0.3, 0.4) is 0 Å². The summed E-state index contributed by atoms with van der Waals surface area (Å²) in [6.45, 7) is 2.32. The number of aliphatic hydroxyl groups excluding tert-OH is 1. The number of aryl methyl sites for hydroxylation is 1. The Kier molecular flexibility index (Phi) is 5.23. The van der Waals surface area contributed by atoms with Crippen molar-refractivity contribution in [1.29, 1.82) is 0 Å².